The standard InChI is InChI=1S/C17H29N3O4/c1-15(2,3)13(22)20-7-5-17(6-8-20)10-11(12(21)19-17)9-16(4,18)14(23)24/h11H,5-10,18H2,1-4H3,(H,19,21)(H,23,24). The maximum Gasteiger partial charge on any atom is 0.323 e. The van der Waals surface area contributed by atoms with E-state index in [-0.39, 0.29) is 29.7 Å². The minimum Gasteiger partial charge on any atom is -0.480 e. The summed E-state index contributed by atoms with van der Waals surface area (Å²) in [7, 11) is 0. The van der Waals surface area contributed by atoms with Crippen molar-refractivity contribution < 1.29 is 19.5 Å². The number of nitrogens with zero attached hydrogens (tertiary/aromatic N) is 1. The second-order valence-corrected chi connectivity index (χ2v) is 8.64. The largest absolute Gasteiger partial charge is 0.480 e. The summed E-state index contributed by atoms with van der Waals surface area (Å²) in [5.74, 6) is -1.48. The van der Waals surface area contributed by atoms with Crippen molar-refractivity contribution in [2.75, 3.05) is 13.1 Å². The van der Waals surface area contributed by atoms with Crippen LogP contribution < -0.4 is 11.1 Å². The number of piperidine rings is 1. The summed E-state index contributed by atoms with van der Waals surface area (Å²) in [6, 6.07) is 0. The van der Waals surface area contributed by atoms with Gasteiger partial charge in [0.25, 0.3) is 0 Å². The number of carbonyl (C=O) groups is 3. The van der Waals surface area contributed by atoms with E-state index in [1.165, 1.54) is 6.92 Å². The molecule has 7 heteroatoms. The molecular weight excluding hydrogens is 310 g/mol. The van der Waals surface area contributed by atoms with Crippen LogP contribution in [0.25, 0.3) is 0 Å². The number of nitrogens with one attached hydrogen (secondary N) is 1. The summed E-state index contributed by atoms with van der Waals surface area (Å²) >= 11 is 0. The Balaban J connectivity index is 1.99. The molecule has 1 spiro atoms. The molecule has 2 saturated heterocycles. The van der Waals surface area contributed by atoms with Gasteiger partial charge >= 0.3 is 5.97 Å². The van der Waals surface area contributed by atoms with E-state index in [0.29, 0.717) is 32.4 Å². The molecule has 136 valence electrons. The van der Waals surface area contributed by atoms with Crippen LogP contribution in [0.5, 0.6) is 0 Å². The number of hydrogen-bond donors (Lipinski definition) is 3. The van der Waals surface area contributed by atoms with E-state index >= 15 is 0 Å². The van der Waals surface area contributed by atoms with Gasteiger partial charge in [0.05, 0.1) is 0 Å². The van der Waals surface area contributed by atoms with Crippen molar-refractivity contribution in [3.63, 3.8) is 0 Å². The average Bonchev–Trinajstić information content (AvgIpc) is 2.73. The van der Waals surface area contributed by atoms with Gasteiger partial charge in [0.1, 0.15) is 5.54 Å². The highest BCUT2D eigenvalue weighted by Gasteiger charge is 2.48. The first kappa shape index (κ1) is 18.7. The van der Waals surface area contributed by atoms with Gasteiger partial charge in [0, 0.05) is 30.0 Å². The fourth-order valence-corrected chi connectivity index (χ4v) is 3.68. The number of carboxylic acids is 1. The molecule has 4 N–H and O–H groups in total. The first-order chi connectivity index (χ1) is 10.9. The predicted molar refractivity (Wildman–Crippen MR) is 89.1 cm³/mol. The van der Waals surface area contributed by atoms with Crippen LogP contribution in [0.2, 0.25) is 0 Å². The second-order valence-electron chi connectivity index (χ2n) is 8.64. The quantitative estimate of drug-likeness (QED) is 0.701. The molecular formula is C17H29N3O4. The smallest absolute Gasteiger partial charge is 0.323 e. The molecule has 0 aromatic carbocycles. The Kier molecular flexibility index (Phi) is 4.69. The molecule has 7 nitrogen and oxygen atoms in total. The van der Waals surface area contributed by atoms with Gasteiger partial charge in [0.15, 0.2) is 0 Å². The van der Waals surface area contributed by atoms with Crippen LogP contribution in [0.15, 0.2) is 0 Å². The van der Waals surface area contributed by atoms with Gasteiger partial charge in [-0.1, -0.05) is 20.8 Å². The van der Waals surface area contributed by atoms with Crippen molar-refractivity contribution in [1.29, 1.82) is 0 Å². The summed E-state index contributed by atoms with van der Waals surface area (Å²) in [5.41, 5.74) is 3.65. The van der Waals surface area contributed by atoms with Gasteiger partial charge in [0.2, 0.25) is 11.8 Å². The van der Waals surface area contributed by atoms with Gasteiger partial charge in [-0.2, -0.15) is 0 Å². The summed E-state index contributed by atoms with van der Waals surface area (Å²) in [5, 5.41) is 12.2. The lowest BCUT2D eigenvalue weighted by atomic mass is 9.79. The Morgan fingerprint density at radius 3 is 2.29 bits per heavy atom. The lowest BCUT2D eigenvalue weighted by molar-refractivity contribution is -0.143. The zero-order valence-electron chi connectivity index (χ0n) is 15.0. The molecule has 0 saturated carbocycles. The Morgan fingerprint density at radius 2 is 1.83 bits per heavy atom. The van der Waals surface area contributed by atoms with E-state index < -0.39 is 16.9 Å². The second kappa shape index (κ2) is 6.02. The summed E-state index contributed by atoms with van der Waals surface area (Å²) in [6.45, 7) is 8.38. The van der Waals surface area contributed by atoms with Crippen LogP contribution in [-0.4, -0.2) is 52.0 Å². The van der Waals surface area contributed by atoms with E-state index in [0.717, 1.165) is 0 Å². The number of rotatable bonds is 3. The van der Waals surface area contributed by atoms with Crippen LogP contribution in [0.4, 0.5) is 0 Å². The lowest BCUT2D eigenvalue weighted by Gasteiger charge is -2.41. The number of carbonyl (C=O) groups excluding carboxylic acids is 2. The number of likely N-dealkylation sites (tertiary alicyclic amines) is 1. The first-order valence-corrected chi connectivity index (χ1v) is 8.50. The molecule has 2 heterocycles. The van der Waals surface area contributed by atoms with Gasteiger partial charge in [-0.05, 0) is 32.6 Å². The molecule has 2 fully saturated rings. The zero-order valence-corrected chi connectivity index (χ0v) is 15.0. The van der Waals surface area contributed by atoms with Crippen molar-refractivity contribution in [3.8, 4) is 0 Å². The monoisotopic (exact) mass is 339 g/mol. The van der Waals surface area contributed by atoms with E-state index in [1.54, 1.807) is 0 Å². The first-order valence-electron chi connectivity index (χ1n) is 8.50. The minimum absolute atomic E-state index is 0.122. The molecule has 0 radical (unpaired) electrons. The van der Waals surface area contributed by atoms with Crippen LogP contribution in [0.3, 0.4) is 0 Å². The summed E-state index contributed by atoms with van der Waals surface area (Å²) < 4.78 is 0. The molecule has 0 aliphatic carbocycles. The lowest BCUT2D eigenvalue weighted by Crippen LogP contribution is -2.53. The SMILES string of the molecule is CC(C)(C)C(=O)N1CCC2(CC1)CC(CC(C)(N)C(=O)O)C(=O)N2. The number of amides is 2. The fraction of sp³-hybridized carbons (Fsp3) is 0.824. The molecule has 0 aromatic heterocycles. The highest BCUT2D eigenvalue weighted by molar-refractivity contribution is 5.85. The Morgan fingerprint density at radius 1 is 1.29 bits per heavy atom. The average molecular weight is 339 g/mol. The predicted octanol–water partition coefficient (Wildman–Crippen LogP) is 0.722. The number of carboxylic acid groups (broad SMARTS) is 1. The fourth-order valence-electron chi connectivity index (χ4n) is 3.68. The highest BCUT2D eigenvalue weighted by atomic mass is 16.4. The Hall–Kier alpha value is -1.63. The number of nitrogens with two attached hydrogens (primary N) is 1. The molecule has 2 rings (SSSR count). The molecule has 2 aliphatic heterocycles. The molecule has 2 atom stereocenters. The van der Waals surface area contributed by atoms with Crippen molar-refractivity contribution in [1.82, 2.24) is 10.2 Å². The van der Waals surface area contributed by atoms with Crippen molar-refractivity contribution in [2.24, 2.45) is 17.1 Å². The van der Waals surface area contributed by atoms with Crippen molar-refractivity contribution in [3.05, 3.63) is 0 Å². The topological polar surface area (TPSA) is 113 Å². The van der Waals surface area contributed by atoms with Crippen LogP contribution >= 0.6 is 0 Å². The summed E-state index contributed by atoms with van der Waals surface area (Å²) in [6.07, 6.45) is 2.11. The Labute approximate surface area is 142 Å². The maximum atomic E-state index is 12.4. The van der Waals surface area contributed by atoms with Crippen LogP contribution in [0.1, 0.15) is 53.4 Å². The highest BCUT2D eigenvalue weighted by Crippen LogP contribution is 2.38. The number of hydrogen-bond acceptors (Lipinski definition) is 4. The third kappa shape index (κ3) is 3.71. The van der Waals surface area contributed by atoms with Gasteiger partial charge in [-0.25, -0.2) is 0 Å². The van der Waals surface area contributed by atoms with Gasteiger partial charge < -0.3 is 21.1 Å². The molecule has 0 aromatic rings. The van der Waals surface area contributed by atoms with Crippen LogP contribution in [0, 0.1) is 11.3 Å². The number of aliphatic carboxylic acids is 1. The van der Waals surface area contributed by atoms with Crippen molar-refractivity contribution >= 4 is 17.8 Å². The van der Waals surface area contributed by atoms with Gasteiger partial charge in [-0.3, -0.25) is 14.4 Å². The minimum atomic E-state index is -1.41. The van der Waals surface area contributed by atoms with E-state index in [4.69, 9.17) is 10.8 Å². The van der Waals surface area contributed by atoms with Crippen LogP contribution in [-0.2, 0) is 14.4 Å². The van der Waals surface area contributed by atoms with Gasteiger partial charge in [-0.15, -0.1) is 0 Å². The van der Waals surface area contributed by atoms with E-state index in [2.05, 4.69) is 5.32 Å². The third-order valence-electron chi connectivity index (χ3n) is 5.20. The van der Waals surface area contributed by atoms with E-state index in [9.17, 15) is 14.4 Å². The Bertz CT molecular complexity index is 543. The molecule has 2 amide bonds. The molecule has 0 bridgehead atoms. The normalized spacial score (nSPS) is 26.1. The third-order valence-corrected chi connectivity index (χ3v) is 5.20. The van der Waals surface area contributed by atoms with E-state index in [1.807, 2.05) is 25.7 Å². The maximum absolute atomic E-state index is 12.4. The molecule has 24 heavy (non-hydrogen) atoms. The van der Waals surface area contributed by atoms with Crippen molar-refractivity contribution in [2.45, 2.75) is 64.5 Å². The summed E-state index contributed by atoms with van der Waals surface area (Å²) in [4.78, 5) is 37.7. The zero-order chi connectivity index (χ0) is 18.3. The molecule has 2 unspecified atom stereocenters. The molecule has 2 aliphatic rings.